The van der Waals surface area contributed by atoms with Gasteiger partial charge in [0.25, 0.3) is 17.7 Å². The first kappa shape index (κ1) is 25.5. The van der Waals surface area contributed by atoms with E-state index in [9.17, 15) is 27.6 Å². The number of fused-ring (bicyclic) bond motifs is 2. The highest BCUT2D eigenvalue weighted by Gasteiger charge is 2.31. The average Bonchev–Trinajstić information content (AvgIpc) is 3.34. The number of aromatic amines is 1. The first-order valence-corrected chi connectivity index (χ1v) is 11.4. The highest BCUT2D eigenvalue weighted by molar-refractivity contribution is 6.10. The Labute approximate surface area is 217 Å². The fraction of sp³-hybridized carbons (Fsp3) is 0.160. The molecule has 0 bridgehead atoms. The van der Waals surface area contributed by atoms with Crippen LogP contribution in [0.1, 0.15) is 32.0 Å². The van der Waals surface area contributed by atoms with Gasteiger partial charge in [0.05, 0.1) is 16.8 Å². The number of H-pyrrole nitrogens is 1. The topological polar surface area (TPSA) is 147 Å². The number of halogens is 3. The number of benzene rings is 2. The van der Waals surface area contributed by atoms with Crippen molar-refractivity contribution >= 4 is 34.4 Å². The van der Waals surface area contributed by atoms with Gasteiger partial charge in [0.2, 0.25) is 0 Å². The lowest BCUT2D eigenvalue weighted by molar-refractivity contribution is -0.274. The van der Waals surface area contributed by atoms with Crippen LogP contribution >= 0.6 is 0 Å². The predicted octanol–water partition coefficient (Wildman–Crippen LogP) is 3.05. The number of rotatable bonds is 7. The Kier molecular flexibility index (Phi) is 6.75. The first-order valence-electron chi connectivity index (χ1n) is 11.4. The molecule has 4 N–H and O–H groups in total. The van der Waals surface area contributed by atoms with Crippen molar-refractivity contribution in [2.45, 2.75) is 19.5 Å². The zero-order valence-electron chi connectivity index (χ0n) is 19.9. The lowest BCUT2D eigenvalue weighted by Crippen LogP contribution is -2.26. The number of amides is 3. The Morgan fingerprint density at radius 3 is 2.59 bits per heavy atom. The highest BCUT2D eigenvalue weighted by Crippen LogP contribution is 2.28. The van der Waals surface area contributed by atoms with Crippen molar-refractivity contribution < 1.29 is 37.0 Å². The number of carbonyl (C=O) groups is 3. The van der Waals surface area contributed by atoms with Crippen LogP contribution in [0.3, 0.4) is 0 Å². The molecule has 3 heterocycles. The quantitative estimate of drug-likeness (QED) is 0.282. The maximum Gasteiger partial charge on any atom is 0.573 e. The second-order valence-electron chi connectivity index (χ2n) is 8.38. The number of hydrogen-bond donors (Lipinski definition) is 4. The standard InChI is InChI=1S/C25H19F3N6O5/c26-25(27,28)39-15-3-1-2-13(6-15)8-30-23(36)16-10-29-21-20(16)32-12-33-22(21)24(37)31-9-14-4-5-18-17(7-14)34-19(35)11-38-18/h1-7,10,12,29H,8-9,11H2,(H,30,36)(H,31,37)(H,34,35). The predicted molar refractivity (Wildman–Crippen MR) is 130 cm³/mol. The second kappa shape index (κ2) is 10.3. The summed E-state index contributed by atoms with van der Waals surface area (Å²) in [6, 6.07) is 10.3. The molecular formula is C25H19F3N6O5. The molecule has 14 heteroatoms. The summed E-state index contributed by atoms with van der Waals surface area (Å²) in [4.78, 5) is 48.2. The summed E-state index contributed by atoms with van der Waals surface area (Å²) in [6.07, 6.45) is -2.32. The molecule has 1 aliphatic rings. The van der Waals surface area contributed by atoms with Gasteiger partial charge in [-0.05, 0) is 35.4 Å². The van der Waals surface area contributed by atoms with Crippen LogP contribution in [0, 0.1) is 0 Å². The molecule has 4 aromatic rings. The lowest BCUT2D eigenvalue weighted by Gasteiger charge is -2.18. The van der Waals surface area contributed by atoms with Gasteiger partial charge >= 0.3 is 6.36 Å². The van der Waals surface area contributed by atoms with Crippen molar-refractivity contribution in [2.75, 3.05) is 11.9 Å². The van der Waals surface area contributed by atoms with Gasteiger partial charge in [0.15, 0.2) is 12.3 Å². The minimum absolute atomic E-state index is 0.00523. The van der Waals surface area contributed by atoms with Crippen LogP contribution < -0.4 is 25.4 Å². The molecule has 5 rings (SSSR count). The van der Waals surface area contributed by atoms with Crippen LogP contribution in [0.15, 0.2) is 55.0 Å². The van der Waals surface area contributed by atoms with Gasteiger partial charge in [-0.2, -0.15) is 0 Å². The number of nitrogens with zero attached hydrogens (tertiary/aromatic N) is 2. The maximum absolute atomic E-state index is 12.9. The van der Waals surface area contributed by atoms with Gasteiger partial charge in [0.1, 0.15) is 23.3 Å². The Morgan fingerprint density at radius 1 is 1.03 bits per heavy atom. The first-order chi connectivity index (χ1) is 18.7. The summed E-state index contributed by atoms with van der Waals surface area (Å²) >= 11 is 0. The summed E-state index contributed by atoms with van der Waals surface area (Å²) in [5.41, 5.74) is 2.13. The van der Waals surface area contributed by atoms with Crippen molar-refractivity contribution in [3.05, 3.63) is 77.4 Å². The number of alkyl halides is 3. The molecule has 0 aliphatic carbocycles. The van der Waals surface area contributed by atoms with Crippen LogP contribution in [0.2, 0.25) is 0 Å². The van der Waals surface area contributed by atoms with E-state index in [1.165, 1.54) is 18.3 Å². The van der Waals surface area contributed by atoms with Crippen molar-refractivity contribution in [1.29, 1.82) is 0 Å². The van der Waals surface area contributed by atoms with E-state index in [2.05, 4.69) is 35.6 Å². The molecule has 0 radical (unpaired) electrons. The fourth-order valence-electron chi connectivity index (χ4n) is 3.92. The van der Waals surface area contributed by atoms with Gasteiger partial charge < -0.3 is 30.4 Å². The Balaban J connectivity index is 1.25. The number of nitrogens with one attached hydrogen (secondary N) is 4. The smallest absolute Gasteiger partial charge is 0.482 e. The fourth-order valence-corrected chi connectivity index (χ4v) is 3.92. The molecule has 1 aliphatic heterocycles. The number of anilines is 1. The summed E-state index contributed by atoms with van der Waals surface area (Å²) < 4.78 is 46.6. The molecule has 0 fully saturated rings. The molecule has 0 atom stereocenters. The number of aromatic nitrogens is 3. The van der Waals surface area contributed by atoms with Gasteiger partial charge in [0, 0.05) is 19.3 Å². The van der Waals surface area contributed by atoms with E-state index in [-0.39, 0.29) is 47.9 Å². The molecule has 2 aromatic carbocycles. The van der Waals surface area contributed by atoms with Crippen molar-refractivity contribution in [3.8, 4) is 11.5 Å². The minimum atomic E-state index is -4.83. The SMILES string of the molecule is O=C1COc2ccc(CNC(=O)c3ncnc4c(C(=O)NCc5cccc(OC(F)(F)F)c5)c[nH]c34)cc2N1. The largest absolute Gasteiger partial charge is 0.573 e. The third-order valence-electron chi connectivity index (χ3n) is 5.64. The zero-order chi connectivity index (χ0) is 27.6. The van der Waals surface area contributed by atoms with E-state index in [1.54, 1.807) is 18.2 Å². The van der Waals surface area contributed by atoms with E-state index in [1.807, 2.05) is 0 Å². The van der Waals surface area contributed by atoms with Gasteiger partial charge in [-0.1, -0.05) is 18.2 Å². The number of hydrogen-bond acceptors (Lipinski definition) is 7. The van der Waals surface area contributed by atoms with E-state index in [0.29, 0.717) is 22.6 Å². The third-order valence-corrected chi connectivity index (χ3v) is 5.64. The minimum Gasteiger partial charge on any atom is -0.482 e. The van der Waals surface area contributed by atoms with Crippen molar-refractivity contribution in [2.24, 2.45) is 0 Å². The molecule has 0 saturated carbocycles. The van der Waals surface area contributed by atoms with Crippen LogP contribution in [-0.4, -0.2) is 45.6 Å². The zero-order valence-corrected chi connectivity index (χ0v) is 19.9. The molecule has 3 amide bonds. The van der Waals surface area contributed by atoms with Crippen molar-refractivity contribution in [1.82, 2.24) is 25.6 Å². The van der Waals surface area contributed by atoms with Crippen molar-refractivity contribution in [3.63, 3.8) is 0 Å². The molecule has 11 nitrogen and oxygen atoms in total. The number of carbonyl (C=O) groups excluding carboxylic acids is 3. The molecule has 0 saturated heterocycles. The normalized spacial score (nSPS) is 12.7. The van der Waals surface area contributed by atoms with Crippen LogP contribution in [-0.2, 0) is 17.9 Å². The van der Waals surface area contributed by atoms with Gasteiger partial charge in [-0.25, -0.2) is 9.97 Å². The Hall–Kier alpha value is -5.14. The van der Waals surface area contributed by atoms with E-state index < -0.39 is 23.9 Å². The molecule has 200 valence electrons. The van der Waals surface area contributed by atoms with Crippen LogP contribution in [0.5, 0.6) is 11.5 Å². The third kappa shape index (κ3) is 5.89. The van der Waals surface area contributed by atoms with Gasteiger partial charge in [-0.3, -0.25) is 14.4 Å². The summed E-state index contributed by atoms with van der Waals surface area (Å²) in [7, 11) is 0. The lowest BCUT2D eigenvalue weighted by atomic mass is 10.1. The van der Waals surface area contributed by atoms with Gasteiger partial charge in [-0.15, -0.1) is 13.2 Å². The van der Waals surface area contributed by atoms with E-state index >= 15 is 0 Å². The molecule has 0 spiro atoms. The van der Waals surface area contributed by atoms with E-state index in [0.717, 1.165) is 18.5 Å². The monoisotopic (exact) mass is 540 g/mol. The highest BCUT2D eigenvalue weighted by atomic mass is 19.4. The molecule has 2 aromatic heterocycles. The Morgan fingerprint density at radius 2 is 1.79 bits per heavy atom. The molecule has 0 unspecified atom stereocenters. The summed E-state index contributed by atoms with van der Waals surface area (Å²) in [5.74, 6) is -1.25. The molecular weight excluding hydrogens is 521 g/mol. The number of ether oxygens (including phenoxy) is 2. The Bertz CT molecular complexity index is 1590. The summed E-state index contributed by atoms with van der Waals surface area (Å²) in [6.45, 7) is -0.0169. The second-order valence-corrected chi connectivity index (χ2v) is 8.38. The average molecular weight is 540 g/mol. The van der Waals surface area contributed by atoms with Crippen LogP contribution in [0.25, 0.3) is 11.0 Å². The van der Waals surface area contributed by atoms with E-state index in [4.69, 9.17) is 4.74 Å². The maximum atomic E-state index is 12.9. The van der Waals surface area contributed by atoms with Crippen LogP contribution in [0.4, 0.5) is 18.9 Å². The molecule has 39 heavy (non-hydrogen) atoms. The summed E-state index contributed by atoms with van der Waals surface area (Å²) in [5, 5.41) is 8.04.